The molecular weight excluding hydrogens is 677 g/mol. The van der Waals surface area contributed by atoms with Gasteiger partial charge in [0, 0.05) is 17.8 Å². The van der Waals surface area contributed by atoms with Crippen LogP contribution in [0.5, 0.6) is 5.88 Å². The number of pyridine rings is 1. The second-order valence-electron chi connectivity index (χ2n) is 8.81. The molecule has 0 fully saturated rings. The quantitative estimate of drug-likeness (QED) is 0.0390. The van der Waals surface area contributed by atoms with Gasteiger partial charge >= 0.3 is 6.08 Å². The zero-order valence-electron chi connectivity index (χ0n) is 23.3. The Labute approximate surface area is 266 Å². The first kappa shape index (κ1) is 34.1. The summed E-state index contributed by atoms with van der Waals surface area (Å²) in [6, 6.07) is 7.40. The van der Waals surface area contributed by atoms with Crippen LogP contribution in [-0.2, 0) is 26.0 Å². The largest absolute Gasteiger partial charge is 0.493 e. The Balaban J connectivity index is 1.71. The van der Waals surface area contributed by atoms with Crippen molar-refractivity contribution in [3.8, 4) is 5.88 Å². The van der Waals surface area contributed by atoms with Crippen LogP contribution in [0.1, 0.15) is 22.8 Å². The van der Waals surface area contributed by atoms with Gasteiger partial charge in [0.1, 0.15) is 16.9 Å². The van der Waals surface area contributed by atoms with Gasteiger partial charge in [-0.15, -0.1) is 14.6 Å². The molecule has 4 aromatic rings. The molecule has 46 heavy (non-hydrogen) atoms. The summed E-state index contributed by atoms with van der Waals surface area (Å²) in [6.07, 6.45) is -1.25. The number of hydrogen-bond acceptors (Lipinski definition) is 16. The second-order valence-corrected chi connectivity index (χ2v) is 11.4. The van der Waals surface area contributed by atoms with Crippen LogP contribution in [0.4, 0.5) is 39.0 Å². The van der Waals surface area contributed by atoms with E-state index in [1.807, 2.05) is 0 Å². The number of nitrogens with two attached hydrogens (primary N) is 1. The van der Waals surface area contributed by atoms with Crippen LogP contribution in [0.2, 0.25) is 5.02 Å². The maximum absolute atomic E-state index is 14.4. The summed E-state index contributed by atoms with van der Waals surface area (Å²) in [4.78, 5) is 35.4. The number of aromatic nitrogens is 4. The maximum Gasteiger partial charge on any atom is 0.315 e. The number of hydrogen-bond donors (Lipinski definition) is 6. The van der Waals surface area contributed by atoms with Crippen LogP contribution in [-0.4, -0.2) is 48.8 Å². The number of carbonyl (C=O) groups excluding carboxylic acids is 1. The third-order valence-electron chi connectivity index (χ3n) is 5.94. The average Bonchev–Trinajstić information content (AvgIpc) is 2.97. The zero-order valence-corrected chi connectivity index (χ0v) is 25.7. The number of benzene rings is 2. The highest BCUT2D eigenvalue weighted by molar-refractivity contribution is 7.94. The molecule has 22 heteroatoms. The molecule has 0 aliphatic rings. The van der Waals surface area contributed by atoms with Crippen LogP contribution >= 0.6 is 23.6 Å². The predicted octanol–water partition coefficient (Wildman–Crippen LogP) is 4.54. The van der Waals surface area contributed by atoms with E-state index in [1.165, 1.54) is 31.2 Å². The lowest BCUT2D eigenvalue weighted by molar-refractivity contribution is -0.432. The Kier molecular flexibility index (Phi) is 10.5. The van der Waals surface area contributed by atoms with E-state index in [1.54, 1.807) is 6.92 Å². The monoisotopic (exact) mass is 697 g/mol. The number of nitrogens with zero attached hydrogens (tertiary/aromatic N) is 6. The normalized spacial score (nSPS) is 11.6. The fraction of sp³-hybridized carbons (Fsp3) is 0.125. The fourth-order valence-electron chi connectivity index (χ4n) is 3.88. The molecule has 18 nitrogen and oxygen atoms in total. The summed E-state index contributed by atoms with van der Waals surface area (Å²) in [6.45, 7) is 2.88. The molecule has 0 spiro atoms. The highest BCUT2D eigenvalue weighted by Gasteiger charge is 2.22. The third-order valence-corrected chi connectivity index (χ3v) is 7.77. The minimum atomic E-state index is -4.58. The number of primary amides is 1. The van der Waals surface area contributed by atoms with Crippen molar-refractivity contribution in [3.05, 3.63) is 69.0 Å². The summed E-state index contributed by atoms with van der Waals surface area (Å²) in [5.74, 6) is -2.36. The van der Waals surface area contributed by atoms with Gasteiger partial charge < -0.3 is 21.5 Å². The van der Waals surface area contributed by atoms with E-state index < -0.39 is 50.0 Å². The van der Waals surface area contributed by atoms with Crippen molar-refractivity contribution in [1.29, 1.82) is 0 Å². The molecule has 0 radical (unpaired) electrons. The first-order valence-electron chi connectivity index (χ1n) is 12.4. The molecule has 7 N–H and O–H groups in total. The Morgan fingerprint density at radius 2 is 1.85 bits per heavy atom. The minimum absolute atomic E-state index is 0.00142. The smallest absolute Gasteiger partial charge is 0.315 e. The molecule has 242 valence electrons. The van der Waals surface area contributed by atoms with Gasteiger partial charge in [0.25, 0.3) is 21.6 Å². The van der Waals surface area contributed by atoms with Gasteiger partial charge in [-0.05, 0) is 50.2 Å². The van der Waals surface area contributed by atoms with Gasteiger partial charge in [0.2, 0.25) is 17.8 Å². The minimum Gasteiger partial charge on any atom is -0.493 e. The second kappa shape index (κ2) is 14.1. The van der Waals surface area contributed by atoms with Gasteiger partial charge in [-0.25, -0.2) is 5.26 Å². The first-order chi connectivity index (χ1) is 21.7. The highest BCUT2D eigenvalue weighted by Crippen LogP contribution is 2.37. The number of rotatable bonds is 12. The number of carbonyl (C=O) groups is 1. The molecule has 0 saturated heterocycles. The van der Waals surface area contributed by atoms with Crippen LogP contribution in [0.15, 0.2) is 61.2 Å². The van der Waals surface area contributed by atoms with E-state index >= 15 is 0 Å². The highest BCUT2D eigenvalue weighted by atomic mass is 35.5. The molecule has 1 amide bonds. The molecule has 4 rings (SSSR count). The topological polar surface area (TPSA) is 266 Å². The number of nitrogens with one attached hydrogen (secondary N) is 2. The van der Waals surface area contributed by atoms with Crippen molar-refractivity contribution < 1.29 is 41.9 Å². The number of halogens is 2. The molecule has 0 aliphatic carbocycles. The van der Waals surface area contributed by atoms with Crippen molar-refractivity contribution >= 4 is 74.3 Å². The van der Waals surface area contributed by atoms with Crippen LogP contribution in [0, 0.1) is 13.0 Å². The number of aromatic hydroxyl groups is 1. The molecule has 0 aliphatic heterocycles. The molecule has 2 heterocycles. The van der Waals surface area contributed by atoms with Crippen molar-refractivity contribution in [2.24, 2.45) is 16.0 Å². The fourth-order valence-corrected chi connectivity index (χ4v) is 4.96. The first-order valence-corrected chi connectivity index (χ1v) is 15.0. The van der Waals surface area contributed by atoms with E-state index in [9.17, 15) is 32.1 Å². The van der Waals surface area contributed by atoms with Crippen LogP contribution < -0.4 is 21.9 Å². The van der Waals surface area contributed by atoms with Crippen molar-refractivity contribution in [2.75, 3.05) is 10.6 Å². The van der Waals surface area contributed by atoms with E-state index in [0.717, 1.165) is 16.7 Å². The summed E-state index contributed by atoms with van der Waals surface area (Å²) in [7, 11) is -4.58. The summed E-state index contributed by atoms with van der Waals surface area (Å²) >= 11 is 6.59. The molecule has 0 atom stereocenters. The SMILES string of the molecule is CCn1c(O)c(/N=N/c2cc(Nc3nc(F)nc(Nc4cc(S(=O)(=O)O)ccc4Cl)n3)ccc2SOOO)c(C)c(C(N)=O)c1=O. The Morgan fingerprint density at radius 1 is 1.15 bits per heavy atom. The van der Waals surface area contributed by atoms with Gasteiger partial charge in [0.15, 0.2) is 0 Å². The van der Waals surface area contributed by atoms with Crippen LogP contribution in [0.25, 0.3) is 0 Å². The Bertz CT molecular complexity index is 2030. The van der Waals surface area contributed by atoms with Gasteiger partial charge in [-0.1, -0.05) is 16.6 Å². The van der Waals surface area contributed by atoms with Gasteiger partial charge in [-0.3, -0.25) is 18.7 Å². The standard InChI is InChI=1S/C24H21ClFN9O9S2/c1-3-35-20(37)17(19(27)36)10(2)18(21(35)38)34-33-15-8-11(4-7-16(15)45-44-43-39)28-23-30-22(26)31-24(32-23)29-14-9-12(46(40,41)42)5-6-13(14)25/h4-9,38-39H,3H2,1-2H3,(H2,27,36)(H,40,41,42)(H2,28,29,30,31,32)/b34-33+. The molecule has 0 bridgehead atoms. The summed E-state index contributed by atoms with van der Waals surface area (Å²) in [5.41, 5.74) is 4.00. The van der Waals surface area contributed by atoms with Crippen molar-refractivity contribution in [2.45, 2.75) is 30.2 Å². The Hall–Kier alpha value is -4.77. The molecular formula is C24H21ClFN9O9S2. The molecule has 0 saturated carbocycles. The number of amides is 1. The van der Waals surface area contributed by atoms with E-state index in [-0.39, 0.29) is 50.7 Å². The lowest BCUT2D eigenvalue weighted by Crippen LogP contribution is -2.30. The lowest BCUT2D eigenvalue weighted by Gasteiger charge is -2.13. The number of azo groups is 1. The lowest BCUT2D eigenvalue weighted by atomic mass is 10.1. The van der Waals surface area contributed by atoms with E-state index in [0.29, 0.717) is 12.0 Å². The molecule has 2 aromatic heterocycles. The number of anilines is 4. The van der Waals surface area contributed by atoms with Crippen LogP contribution in [0.3, 0.4) is 0 Å². The van der Waals surface area contributed by atoms with Crippen molar-refractivity contribution in [1.82, 2.24) is 19.5 Å². The van der Waals surface area contributed by atoms with Gasteiger partial charge in [0.05, 0.1) is 32.5 Å². The maximum atomic E-state index is 14.4. The van der Waals surface area contributed by atoms with E-state index in [2.05, 4.69) is 45.2 Å². The van der Waals surface area contributed by atoms with Gasteiger partial charge in [-0.2, -0.15) is 27.8 Å². The molecule has 2 aromatic carbocycles. The third kappa shape index (κ3) is 7.71. The Morgan fingerprint density at radius 3 is 2.48 bits per heavy atom. The van der Waals surface area contributed by atoms with Crippen molar-refractivity contribution in [3.63, 3.8) is 0 Å². The zero-order chi connectivity index (χ0) is 33.8. The molecule has 0 unspecified atom stereocenters. The summed E-state index contributed by atoms with van der Waals surface area (Å²) in [5, 5.41) is 36.3. The van der Waals surface area contributed by atoms with E-state index in [4.69, 9.17) is 22.6 Å². The predicted molar refractivity (Wildman–Crippen MR) is 160 cm³/mol. The average molecular weight is 698 g/mol. The summed E-state index contributed by atoms with van der Waals surface area (Å²) < 4.78 is 52.0.